The summed E-state index contributed by atoms with van der Waals surface area (Å²) in [4.78, 5) is 28.6. The van der Waals surface area contributed by atoms with E-state index in [9.17, 15) is 9.59 Å². The van der Waals surface area contributed by atoms with Crippen LogP contribution in [-0.2, 0) is 4.74 Å². The van der Waals surface area contributed by atoms with E-state index in [-0.39, 0.29) is 18.0 Å². The second-order valence-electron chi connectivity index (χ2n) is 8.29. The van der Waals surface area contributed by atoms with Crippen molar-refractivity contribution in [3.05, 3.63) is 40.5 Å². The molecule has 0 radical (unpaired) electrons. The van der Waals surface area contributed by atoms with Gasteiger partial charge >= 0.3 is 6.09 Å². The van der Waals surface area contributed by atoms with Crippen LogP contribution in [0, 0.1) is 0 Å². The van der Waals surface area contributed by atoms with Gasteiger partial charge in [0.25, 0.3) is 5.91 Å². The van der Waals surface area contributed by atoms with Gasteiger partial charge in [0.15, 0.2) is 0 Å². The molecule has 3 rings (SSSR count). The van der Waals surface area contributed by atoms with Crippen LogP contribution in [0.2, 0.25) is 0 Å². The van der Waals surface area contributed by atoms with Crippen molar-refractivity contribution >= 4 is 27.9 Å². The lowest BCUT2D eigenvalue weighted by Crippen LogP contribution is -2.48. The topological polar surface area (TPSA) is 78.5 Å². The SMILES string of the molecule is CN(C(=O)c1cc(-c2ccc(Br)cc2)n[nH]1)C1CCN(C(=O)OC(C)(C)C)CC1. The molecule has 2 amide bonds. The summed E-state index contributed by atoms with van der Waals surface area (Å²) in [6.45, 7) is 6.72. The number of carbonyl (C=O) groups excluding carboxylic acids is 2. The summed E-state index contributed by atoms with van der Waals surface area (Å²) in [7, 11) is 1.80. The van der Waals surface area contributed by atoms with Crippen molar-refractivity contribution in [3.8, 4) is 11.3 Å². The smallest absolute Gasteiger partial charge is 0.410 e. The van der Waals surface area contributed by atoms with E-state index in [0.717, 1.165) is 28.6 Å². The summed E-state index contributed by atoms with van der Waals surface area (Å²) in [5.74, 6) is -0.100. The Balaban J connectivity index is 1.59. The predicted octanol–water partition coefficient (Wildman–Crippen LogP) is 4.31. The Morgan fingerprint density at radius 3 is 2.41 bits per heavy atom. The largest absolute Gasteiger partial charge is 0.444 e. The number of amides is 2. The third-order valence-corrected chi connectivity index (χ3v) is 5.46. The molecule has 0 atom stereocenters. The number of halogens is 1. The van der Waals surface area contributed by atoms with Crippen molar-refractivity contribution in [1.82, 2.24) is 20.0 Å². The van der Waals surface area contributed by atoms with Gasteiger partial charge in [-0.05, 0) is 51.8 Å². The first-order valence-corrected chi connectivity index (χ1v) is 10.5. The third kappa shape index (κ3) is 5.38. The first-order chi connectivity index (χ1) is 13.6. The van der Waals surface area contributed by atoms with E-state index in [2.05, 4.69) is 26.1 Å². The fourth-order valence-electron chi connectivity index (χ4n) is 3.32. The molecule has 0 bridgehead atoms. The Labute approximate surface area is 179 Å². The standard InChI is InChI=1S/C21H27BrN4O3/c1-21(2,3)29-20(28)26-11-9-16(10-12-26)25(4)19(27)18-13-17(23-24-18)14-5-7-15(22)8-6-14/h5-8,13,16H,9-12H2,1-4H3,(H,23,24). The second kappa shape index (κ2) is 8.57. The molecule has 1 aromatic heterocycles. The number of benzene rings is 1. The van der Waals surface area contributed by atoms with E-state index in [1.54, 1.807) is 22.9 Å². The average molecular weight is 463 g/mol. The molecular weight excluding hydrogens is 436 g/mol. The molecule has 0 saturated carbocycles. The monoisotopic (exact) mass is 462 g/mol. The molecule has 2 heterocycles. The molecule has 0 unspecified atom stereocenters. The zero-order valence-electron chi connectivity index (χ0n) is 17.2. The Morgan fingerprint density at radius 2 is 1.83 bits per heavy atom. The van der Waals surface area contributed by atoms with Crippen LogP contribution in [0.1, 0.15) is 44.1 Å². The number of nitrogens with one attached hydrogen (secondary N) is 1. The van der Waals surface area contributed by atoms with Gasteiger partial charge in [-0.2, -0.15) is 5.10 Å². The lowest BCUT2D eigenvalue weighted by Gasteiger charge is -2.37. The van der Waals surface area contributed by atoms with Gasteiger partial charge < -0.3 is 14.5 Å². The summed E-state index contributed by atoms with van der Waals surface area (Å²) in [6.07, 6.45) is 1.14. The van der Waals surface area contributed by atoms with Gasteiger partial charge in [-0.25, -0.2) is 4.79 Å². The molecule has 8 heteroatoms. The van der Waals surface area contributed by atoms with E-state index >= 15 is 0 Å². The molecule has 0 aliphatic carbocycles. The minimum atomic E-state index is -0.506. The Morgan fingerprint density at radius 1 is 1.21 bits per heavy atom. The van der Waals surface area contributed by atoms with Crippen LogP contribution in [0.4, 0.5) is 4.79 Å². The van der Waals surface area contributed by atoms with E-state index in [1.807, 2.05) is 45.0 Å². The number of nitrogens with zero attached hydrogens (tertiary/aromatic N) is 3. The first-order valence-electron chi connectivity index (χ1n) is 9.70. The molecule has 1 fully saturated rings. The number of aromatic amines is 1. The summed E-state index contributed by atoms with van der Waals surface area (Å²) in [5, 5.41) is 7.13. The van der Waals surface area contributed by atoms with Crippen LogP contribution in [0.5, 0.6) is 0 Å². The molecule has 1 aliphatic rings. The van der Waals surface area contributed by atoms with Crippen LogP contribution in [-0.4, -0.2) is 63.8 Å². The van der Waals surface area contributed by atoms with Gasteiger partial charge in [-0.3, -0.25) is 9.89 Å². The van der Waals surface area contributed by atoms with Crippen molar-refractivity contribution in [2.45, 2.75) is 45.3 Å². The average Bonchev–Trinajstić information content (AvgIpc) is 3.16. The molecule has 1 aromatic carbocycles. The first kappa shape index (κ1) is 21.4. The fraction of sp³-hybridized carbons (Fsp3) is 0.476. The Hall–Kier alpha value is -2.35. The lowest BCUT2D eigenvalue weighted by molar-refractivity contribution is 0.0159. The Bertz CT molecular complexity index is 865. The highest BCUT2D eigenvalue weighted by atomic mass is 79.9. The number of hydrogen-bond acceptors (Lipinski definition) is 4. The maximum Gasteiger partial charge on any atom is 0.410 e. The maximum absolute atomic E-state index is 12.9. The normalized spacial score (nSPS) is 15.3. The molecular formula is C21H27BrN4O3. The van der Waals surface area contributed by atoms with Gasteiger partial charge in [-0.15, -0.1) is 0 Å². The van der Waals surface area contributed by atoms with Crippen LogP contribution in [0.25, 0.3) is 11.3 Å². The lowest BCUT2D eigenvalue weighted by atomic mass is 10.0. The highest BCUT2D eigenvalue weighted by molar-refractivity contribution is 9.10. The van der Waals surface area contributed by atoms with Crippen molar-refractivity contribution in [1.29, 1.82) is 0 Å². The molecule has 2 aromatic rings. The summed E-state index contributed by atoms with van der Waals surface area (Å²) in [6, 6.07) is 9.62. The number of likely N-dealkylation sites (tertiary alicyclic amines) is 1. The van der Waals surface area contributed by atoms with Crippen molar-refractivity contribution < 1.29 is 14.3 Å². The minimum Gasteiger partial charge on any atom is -0.444 e. The van der Waals surface area contributed by atoms with E-state index < -0.39 is 5.60 Å². The zero-order chi connectivity index (χ0) is 21.2. The van der Waals surface area contributed by atoms with E-state index in [0.29, 0.717) is 18.8 Å². The van der Waals surface area contributed by atoms with Gasteiger partial charge in [-0.1, -0.05) is 28.1 Å². The zero-order valence-corrected chi connectivity index (χ0v) is 18.8. The number of H-pyrrole nitrogens is 1. The number of aromatic nitrogens is 2. The van der Waals surface area contributed by atoms with Gasteiger partial charge in [0, 0.05) is 36.2 Å². The molecule has 1 N–H and O–H groups in total. The summed E-state index contributed by atoms with van der Waals surface area (Å²) >= 11 is 3.42. The van der Waals surface area contributed by atoms with Crippen LogP contribution in [0.15, 0.2) is 34.8 Å². The summed E-state index contributed by atoms with van der Waals surface area (Å²) < 4.78 is 6.42. The van der Waals surface area contributed by atoms with Gasteiger partial charge in [0.05, 0.1) is 5.69 Å². The number of rotatable bonds is 3. The maximum atomic E-state index is 12.9. The molecule has 29 heavy (non-hydrogen) atoms. The van der Waals surface area contributed by atoms with Crippen LogP contribution >= 0.6 is 15.9 Å². The number of carbonyl (C=O) groups is 2. The number of piperidine rings is 1. The van der Waals surface area contributed by atoms with E-state index in [1.165, 1.54) is 0 Å². The quantitative estimate of drug-likeness (QED) is 0.736. The molecule has 7 nitrogen and oxygen atoms in total. The third-order valence-electron chi connectivity index (χ3n) is 4.93. The van der Waals surface area contributed by atoms with Crippen LogP contribution < -0.4 is 0 Å². The van der Waals surface area contributed by atoms with Gasteiger partial charge in [0.2, 0.25) is 0 Å². The molecule has 156 valence electrons. The van der Waals surface area contributed by atoms with E-state index in [4.69, 9.17) is 4.74 Å². The molecule has 1 saturated heterocycles. The van der Waals surface area contributed by atoms with Crippen LogP contribution in [0.3, 0.4) is 0 Å². The summed E-state index contributed by atoms with van der Waals surface area (Å²) in [5.41, 5.74) is 1.62. The second-order valence-corrected chi connectivity index (χ2v) is 9.20. The molecule has 0 spiro atoms. The van der Waals surface area contributed by atoms with Crippen molar-refractivity contribution in [2.24, 2.45) is 0 Å². The predicted molar refractivity (Wildman–Crippen MR) is 115 cm³/mol. The van der Waals surface area contributed by atoms with Crippen molar-refractivity contribution in [3.63, 3.8) is 0 Å². The highest BCUT2D eigenvalue weighted by Gasteiger charge is 2.30. The molecule has 1 aliphatic heterocycles. The number of hydrogen-bond donors (Lipinski definition) is 1. The Kier molecular flexibility index (Phi) is 6.31. The minimum absolute atomic E-state index is 0.0700. The highest BCUT2D eigenvalue weighted by Crippen LogP contribution is 2.23. The van der Waals surface area contributed by atoms with Crippen molar-refractivity contribution in [2.75, 3.05) is 20.1 Å². The number of ether oxygens (including phenoxy) is 1. The fourth-order valence-corrected chi connectivity index (χ4v) is 3.58. The van der Waals surface area contributed by atoms with Gasteiger partial charge in [0.1, 0.15) is 11.3 Å².